The number of benzene rings is 8. The fourth-order valence-electron chi connectivity index (χ4n) is 7.97. The van der Waals surface area contributed by atoms with E-state index >= 15 is 0 Å². The minimum absolute atomic E-state index is 1.02. The summed E-state index contributed by atoms with van der Waals surface area (Å²) in [6.45, 7) is 0. The molecule has 0 spiro atoms. The fourth-order valence-corrected chi connectivity index (χ4v) is 7.97. The van der Waals surface area contributed by atoms with E-state index in [1.54, 1.807) is 0 Å². The van der Waals surface area contributed by atoms with Crippen LogP contribution in [0, 0.1) is 0 Å². The molecule has 0 aliphatic rings. The van der Waals surface area contributed by atoms with Crippen molar-refractivity contribution in [3.8, 4) is 50.2 Å². The SMILES string of the molecule is c1ccc(-c2ccc(N(c3ccc(-c4cccc(-n5c6ccccc6c6ncccc65)c4)cc3)c3ccc(-c4ccccc4)c(-c4ccccc4)c3)cc2)cc1. The largest absolute Gasteiger partial charge is 0.310 e. The molecule has 0 saturated heterocycles. The van der Waals surface area contributed by atoms with Gasteiger partial charge in [-0.1, -0.05) is 152 Å². The molecule has 0 amide bonds. The second-order valence-electron chi connectivity index (χ2n) is 14.0. The predicted molar refractivity (Wildman–Crippen MR) is 235 cm³/mol. The standard InChI is InChI=1S/C53H37N3/c1-4-14-38(15-5-1)39-25-29-44(30-26-39)55(47-33-34-48(41-16-6-2-7-17-41)50(37-47)42-18-8-3-9-19-42)45-31-27-40(28-32-45)43-20-12-21-46(36-43)56-51-23-11-10-22-49(51)53-52(56)24-13-35-54-53/h1-37H. The normalized spacial score (nSPS) is 11.2. The lowest BCUT2D eigenvalue weighted by Gasteiger charge is -2.27. The smallest absolute Gasteiger partial charge is 0.0963 e. The number of rotatable bonds is 8. The third-order valence-corrected chi connectivity index (χ3v) is 10.7. The van der Waals surface area contributed by atoms with Crippen molar-refractivity contribution in [2.75, 3.05) is 4.90 Å². The van der Waals surface area contributed by atoms with Crippen LogP contribution in [0.25, 0.3) is 72.1 Å². The van der Waals surface area contributed by atoms with Crippen LogP contribution in [0.3, 0.4) is 0 Å². The number of nitrogens with zero attached hydrogens (tertiary/aromatic N) is 3. The number of para-hydroxylation sites is 1. The second-order valence-corrected chi connectivity index (χ2v) is 14.0. The Balaban J connectivity index is 1.07. The van der Waals surface area contributed by atoms with Crippen LogP contribution >= 0.6 is 0 Å². The van der Waals surface area contributed by atoms with Crippen LogP contribution in [0.2, 0.25) is 0 Å². The van der Waals surface area contributed by atoms with Gasteiger partial charge in [0, 0.05) is 34.3 Å². The van der Waals surface area contributed by atoms with Crippen molar-refractivity contribution in [1.29, 1.82) is 0 Å². The number of hydrogen-bond donors (Lipinski definition) is 0. The van der Waals surface area contributed by atoms with E-state index in [1.807, 2.05) is 12.3 Å². The summed E-state index contributed by atoms with van der Waals surface area (Å²) in [5.41, 5.74) is 17.1. The van der Waals surface area contributed by atoms with Gasteiger partial charge >= 0.3 is 0 Å². The zero-order valence-electron chi connectivity index (χ0n) is 30.7. The Morgan fingerprint density at radius 1 is 0.339 bits per heavy atom. The van der Waals surface area contributed by atoms with Crippen molar-refractivity contribution < 1.29 is 0 Å². The highest BCUT2D eigenvalue weighted by atomic mass is 15.1. The highest BCUT2D eigenvalue weighted by Crippen LogP contribution is 2.42. The van der Waals surface area contributed by atoms with Crippen LogP contribution in [-0.4, -0.2) is 9.55 Å². The molecule has 0 fully saturated rings. The van der Waals surface area contributed by atoms with Crippen LogP contribution in [-0.2, 0) is 0 Å². The average Bonchev–Trinajstić information content (AvgIpc) is 3.62. The Labute approximate surface area is 327 Å². The van der Waals surface area contributed by atoms with E-state index in [-0.39, 0.29) is 0 Å². The van der Waals surface area contributed by atoms with Gasteiger partial charge in [-0.25, -0.2) is 0 Å². The third-order valence-electron chi connectivity index (χ3n) is 10.7. The van der Waals surface area contributed by atoms with E-state index in [1.165, 1.54) is 33.4 Å². The number of hydrogen-bond acceptors (Lipinski definition) is 2. The molecule has 0 unspecified atom stereocenters. The van der Waals surface area contributed by atoms with E-state index in [2.05, 4.69) is 222 Å². The molecule has 10 aromatic rings. The van der Waals surface area contributed by atoms with Gasteiger partial charge in [-0.05, 0) is 111 Å². The van der Waals surface area contributed by atoms with Gasteiger partial charge in [-0.3, -0.25) is 4.98 Å². The molecule has 56 heavy (non-hydrogen) atoms. The molecule has 0 aliphatic heterocycles. The lowest BCUT2D eigenvalue weighted by molar-refractivity contribution is 1.18. The van der Waals surface area contributed by atoms with E-state index in [0.29, 0.717) is 0 Å². The molecule has 0 atom stereocenters. The molecular weight excluding hydrogens is 679 g/mol. The molecule has 0 aliphatic carbocycles. The number of anilines is 3. The van der Waals surface area contributed by atoms with Gasteiger partial charge in [0.05, 0.1) is 16.6 Å². The molecule has 0 saturated carbocycles. The summed E-state index contributed by atoms with van der Waals surface area (Å²) >= 11 is 0. The zero-order chi connectivity index (χ0) is 37.3. The van der Waals surface area contributed by atoms with Crippen molar-refractivity contribution in [3.05, 3.63) is 225 Å². The Hall–Kier alpha value is -7.49. The highest BCUT2D eigenvalue weighted by molar-refractivity contribution is 6.07. The molecule has 264 valence electrons. The van der Waals surface area contributed by atoms with Crippen molar-refractivity contribution in [3.63, 3.8) is 0 Å². The Morgan fingerprint density at radius 2 is 0.857 bits per heavy atom. The summed E-state index contributed by atoms with van der Waals surface area (Å²) in [4.78, 5) is 7.11. The summed E-state index contributed by atoms with van der Waals surface area (Å²) < 4.78 is 2.32. The topological polar surface area (TPSA) is 21.1 Å². The second kappa shape index (κ2) is 14.4. The van der Waals surface area contributed by atoms with Gasteiger partial charge in [0.15, 0.2) is 0 Å². The van der Waals surface area contributed by atoms with Crippen LogP contribution in [0.15, 0.2) is 225 Å². The van der Waals surface area contributed by atoms with Crippen LogP contribution < -0.4 is 4.90 Å². The first kappa shape index (κ1) is 33.1. The monoisotopic (exact) mass is 715 g/mol. The molecule has 2 heterocycles. The molecule has 3 heteroatoms. The number of aromatic nitrogens is 2. The van der Waals surface area contributed by atoms with Gasteiger partial charge in [0.2, 0.25) is 0 Å². The van der Waals surface area contributed by atoms with Gasteiger partial charge in [0.1, 0.15) is 0 Å². The van der Waals surface area contributed by atoms with Crippen molar-refractivity contribution in [2.24, 2.45) is 0 Å². The molecule has 0 radical (unpaired) electrons. The fraction of sp³-hybridized carbons (Fsp3) is 0. The summed E-state index contributed by atoms with van der Waals surface area (Å²) in [7, 11) is 0. The molecule has 0 N–H and O–H groups in total. The lowest BCUT2D eigenvalue weighted by Crippen LogP contribution is -2.10. The summed E-state index contributed by atoms with van der Waals surface area (Å²) in [6.07, 6.45) is 1.87. The van der Waals surface area contributed by atoms with Gasteiger partial charge in [0.25, 0.3) is 0 Å². The average molecular weight is 716 g/mol. The van der Waals surface area contributed by atoms with E-state index < -0.39 is 0 Å². The maximum Gasteiger partial charge on any atom is 0.0963 e. The van der Waals surface area contributed by atoms with Gasteiger partial charge in [-0.15, -0.1) is 0 Å². The van der Waals surface area contributed by atoms with Gasteiger partial charge in [-0.2, -0.15) is 0 Å². The molecule has 8 aromatic carbocycles. The number of pyridine rings is 1. The van der Waals surface area contributed by atoms with E-state index in [9.17, 15) is 0 Å². The quantitative estimate of drug-likeness (QED) is 0.156. The van der Waals surface area contributed by atoms with Crippen LogP contribution in [0.4, 0.5) is 17.1 Å². The summed E-state index contributed by atoms with van der Waals surface area (Å²) in [6, 6.07) is 78.1. The first-order chi connectivity index (χ1) is 27.8. The maximum atomic E-state index is 4.75. The minimum Gasteiger partial charge on any atom is -0.310 e. The third kappa shape index (κ3) is 6.12. The Kier molecular flexibility index (Phi) is 8.51. The molecule has 3 nitrogen and oxygen atoms in total. The first-order valence-corrected chi connectivity index (χ1v) is 19.0. The molecule has 0 bridgehead atoms. The predicted octanol–water partition coefficient (Wildman–Crippen LogP) is 14.3. The van der Waals surface area contributed by atoms with Crippen molar-refractivity contribution in [2.45, 2.75) is 0 Å². The van der Waals surface area contributed by atoms with Crippen LogP contribution in [0.5, 0.6) is 0 Å². The lowest BCUT2D eigenvalue weighted by atomic mass is 9.93. The van der Waals surface area contributed by atoms with Crippen molar-refractivity contribution >= 4 is 39.0 Å². The number of fused-ring (bicyclic) bond motifs is 3. The molecular formula is C53H37N3. The summed E-state index contributed by atoms with van der Waals surface area (Å²) in [5, 5.41) is 1.15. The minimum atomic E-state index is 1.02. The first-order valence-electron chi connectivity index (χ1n) is 19.0. The van der Waals surface area contributed by atoms with E-state index in [0.717, 1.165) is 55.8 Å². The Morgan fingerprint density at radius 3 is 1.54 bits per heavy atom. The maximum absolute atomic E-state index is 4.75. The summed E-state index contributed by atoms with van der Waals surface area (Å²) in [5.74, 6) is 0. The zero-order valence-corrected chi connectivity index (χ0v) is 30.7. The van der Waals surface area contributed by atoms with E-state index in [4.69, 9.17) is 4.98 Å². The molecule has 2 aromatic heterocycles. The van der Waals surface area contributed by atoms with Crippen molar-refractivity contribution in [1.82, 2.24) is 9.55 Å². The highest BCUT2D eigenvalue weighted by Gasteiger charge is 2.18. The Bertz CT molecular complexity index is 2880. The molecule has 10 rings (SSSR count). The van der Waals surface area contributed by atoms with Gasteiger partial charge < -0.3 is 9.47 Å². The van der Waals surface area contributed by atoms with Crippen LogP contribution in [0.1, 0.15) is 0 Å².